The molecule has 0 radical (unpaired) electrons. The van der Waals surface area contributed by atoms with Crippen LogP contribution < -0.4 is 0 Å². The van der Waals surface area contributed by atoms with Crippen LogP contribution in [0.1, 0.15) is 31.7 Å². The van der Waals surface area contributed by atoms with Gasteiger partial charge in [0.1, 0.15) is 19.2 Å². The van der Waals surface area contributed by atoms with Gasteiger partial charge in [-0.1, -0.05) is 30.3 Å². The number of likely N-dealkylation sites (tertiary alicyclic amines) is 1. The Kier molecular flexibility index (Phi) is 3.90. The first-order valence-electron chi connectivity index (χ1n) is 7.91. The molecule has 0 bridgehead atoms. The predicted molar refractivity (Wildman–Crippen MR) is 81.9 cm³/mol. The largest absolute Gasteiger partial charge is 0.514 e. The minimum atomic E-state index is -1.40. The first kappa shape index (κ1) is 16.0. The molecule has 3 atom stereocenters. The van der Waals surface area contributed by atoms with Gasteiger partial charge in [0.05, 0.1) is 6.10 Å². The molecule has 1 unspecified atom stereocenters. The van der Waals surface area contributed by atoms with E-state index in [2.05, 4.69) is 0 Å². The second kappa shape index (κ2) is 5.62. The van der Waals surface area contributed by atoms with Crippen LogP contribution in [0.2, 0.25) is 0 Å². The Labute approximate surface area is 134 Å². The number of carboxylic acids is 1. The van der Waals surface area contributed by atoms with Crippen molar-refractivity contribution in [2.45, 2.75) is 50.5 Å². The van der Waals surface area contributed by atoms with Crippen molar-refractivity contribution in [2.24, 2.45) is 0 Å². The van der Waals surface area contributed by atoms with Gasteiger partial charge in [0.2, 0.25) is 5.54 Å². The van der Waals surface area contributed by atoms with Crippen molar-refractivity contribution in [3.05, 3.63) is 35.9 Å². The lowest BCUT2D eigenvalue weighted by molar-refractivity contribution is -0.898. The van der Waals surface area contributed by atoms with Crippen LogP contribution in [0, 0.1) is 0 Å². The van der Waals surface area contributed by atoms with E-state index < -0.39 is 22.1 Å². The van der Waals surface area contributed by atoms with Gasteiger partial charge in [-0.05, 0) is 12.8 Å². The fraction of sp³-hybridized carbons (Fsp3) is 0.529. The maximum atomic E-state index is 12.1. The second-order valence-corrected chi connectivity index (χ2v) is 6.82. The van der Waals surface area contributed by atoms with Gasteiger partial charge in [-0.15, -0.1) is 0 Å². The summed E-state index contributed by atoms with van der Waals surface area (Å²) >= 11 is 0. The van der Waals surface area contributed by atoms with Crippen LogP contribution in [-0.2, 0) is 16.1 Å². The molecule has 6 heteroatoms. The van der Waals surface area contributed by atoms with Gasteiger partial charge in [-0.3, -0.25) is 0 Å². The Bertz CT molecular complexity index is 615. The van der Waals surface area contributed by atoms with Gasteiger partial charge in [-0.25, -0.2) is 9.28 Å². The number of nitrogens with zero attached hydrogens (tertiary/aromatic N) is 1. The van der Waals surface area contributed by atoms with Crippen LogP contribution in [0.15, 0.2) is 30.3 Å². The van der Waals surface area contributed by atoms with Crippen molar-refractivity contribution >= 4 is 12.1 Å². The molecule has 3 rings (SSSR count). The Hall–Kier alpha value is -1.92. The molecule has 1 aliphatic heterocycles. The van der Waals surface area contributed by atoms with Crippen molar-refractivity contribution < 1.29 is 29.0 Å². The van der Waals surface area contributed by atoms with Gasteiger partial charge >= 0.3 is 12.1 Å². The van der Waals surface area contributed by atoms with Gasteiger partial charge in [-0.2, -0.15) is 4.79 Å². The number of rotatable bonds is 5. The number of carboxylic acid groups (broad SMARTS) is 2. The summed E-state index contributed by atoms with van der Waals surface area (Å²) in [5.74, 6) is -1.09. The number of hydrogen-bond acceptors (Lipinski definition) is 3. The lowest BCUT2D eigenvalue weighted by Crippen LogP contribution is -2.65. The molecule has 124 valence electrons. The highest BCUT2D eigenvalue weighted by molar-refractivity contribution is 5.80. The van der Waals surface area contributed by atoms with Gasteiger partial charge in [0, 0.05) is 18.9 Å². The Morgan fingerprint density at radius 3 is 2.39 bits per heavy atom. The molecule has 0 spiro atoms. The smallest absolute Gasteiger partial charge is 0.477 e. The molecule has 1 amide bonds. The summed E-state index contributed by atoms with van der Waals surface area (Å²) in [7, 11) is 0. The van der Waals surface area contributed by atoms with Crippen molar-refractivity contribution in [1.29, 1.82) is 0 Å². The molecule has 1 aromatic rings. The molecule has 1 saturated carbocycles. The van der Waals surface area contributed by atoms with Crippen LogP contribution in [0.3, 0.4) is 0 Å². The Balaban J connectivity index is 1.96. The minimum Gasteiger partial charge on any atom is -0.477 e. The molecular weight excluding hydrogens is 298 g/mol. The summed E-state index contributed by atoms with van der Waals surface area (Å²) in [6, 6.07) is 9.19. The molecule has 1 aliphatic carbocycles. The van der Waals surface area contributed by atoms with Gasteiger partial charge < -0.3 is 14.9 Å². The zero-order valence-corrected chi connectivity index (χ0v) is 13.1. The number of hydrogen-bond donors (Lipinski definition) is 2. The van der Waals surface area contributed by atoms with E-state index in [-0.39, 0.29) is 31.7 Å². The topological polar surface area (TPSA) is 83.8 Å². The molecule has 0 aromatic heterocycles. The van der Waals surface area contributed by atoms with Crippen LogP contribution in [0.25, 0.3) is 0 Å². The lowest BCUT2D eigenvalue weighted by atomic mass is 9.95. The summed E-state index contributed by atoms with van der Waals surface area (Å²) < 4.78 is 5.34. The number of quaternary nitrogens is 1. The lowest BCUT2D eigenvalue weighted by Gasteiger charge is -2.38. The molecule has 23 heavy (non-hydrogen) atoms. The third kappa shape index (κ3) is 2.72. The SMILES string of the molecule is C[C@@]1(C(=O)O)C[C@@H](OC2CC2)C[N+]1(Cc1ccccc1)C(=O)O. The summed E-state index contributed by atoms with van der Waals surface area (Å²) in [5, 5.41) is 19.7. The van der Waals surface area contributed by atoms with Crippen LogP contribution in [0.5, 0.6) is 0 Å². The molecule has 1 saturated heterocycles. The summed E-state index contributed by atoms with van der Waals surface area (Å²) in [4.78, 5) is 24.1. The average Bonchev–Trinajstić information content (AvgIpc) is 3.25. The van der Waals surface area contributed by atoms with Crippen molar-refractivity contribution in [2.75, 3.05) is 6.54 Å². The van der Waals surface area contributed by atoms with E-state index in [4.69, 9.17) is 4.74 Å². The zero-order valence-electron chi connectivity index (χ0n) is 13.1. The molecule has 1 aromatic carbocycles. The third-order valence-corrected chi connectivity index (χ3v) is 5.12. The monoisotopic (exact) mass is 320 g/mol. The van der Waals surface area contributed by atoms with Gasteiger partial charge in [0.15, 0.2) is 0 Å². The van der Waals surface area contributed by atoms with E-state index in [1.807, 2.05) is 30.3 Å². The van der Waals surface area contributed by atoms with Crippen LogP contribution in [0.4, 0.5) is 4.79 Å². The van der Waals surface area contributed by atoms with Crippen LogP contribution >= 0.6 is 0 Å². The zero-order chi connectivity index (χ0) is 16.7. The third-order valence-electron chi connectivity index (χ3n) is 5.12. The van der Waals surface area contributed by atoms with Gasteiger partial charge in [0.25, 0.3) is 0 Å². The van der Waals surface area contributed by atoms with E-state index in [1.54, 1.807) is 0 Å². The van der Waals surface area contributed by atoms with E-state index in [0.717, 1.165) is 18.4 Å². The fourth-order valence-corrected chi connectivity index (χ4v) is 3.56. The Morgan fingerprint density at radius 1 is 1.22 bits per heavy atom. The first-order chi connectivity index (χ1) is 10.9. The maximum absolute atomic E-state index is 12.1. The number of benzene rings is 1. The molecule has 2 fully saturated rings. The van der Waals surface area contributed by atoms with E-state index in [0.29, 0.717) is 0 Å². The fourth-order valence-electron chi connectivity index (χ4n) is 3.56. The average molecular weight is 320 g/mol. The summed E-state index contributed by atoms with van der Waals surface area (Å²) in [6.07, 6.45) is 0.906. The van der Waals surface area contributed by atoms with Crippen molar-refractivity contribution in [3.8, 4) is 0 Å². The minimum absolute atomic E-state index is 0.142. The quantitative estimate of drug-likeness (QED) is 0.814. The highest BCUT2D eigenvalue weighted by Gasteiger charge is 2.66. The Morgan fingerprint density at radius 2 is 1.87 bits per heavy atom. The molecule has 1 heterocycles. The number of ether oxygens (including phenoxy) is 1. The molecule has 2 N–H and O–H groups in total. The van der Waals surface area contributed by atoms with E-state index in [1.165, 1.54) is 6.92 Å². The maximum Gasteiger partial charge on any atom is 0.514 e. The molecular formula is C17H22NO5+. The highest BCUT2D eigenvalue weighted by Crippen LogP contribution is 2.42. The number of carbonyl (C=O) groups is 2. The second-order valence-electron chi connectivity index (χ2n) is 6.82. The summed E-state index contributed by atoms with van der Waals surface area (Å²) in [5.41, 5.74) is -0.587. The van der Waals surface area contributed by atoms with Crippen LogP contribution in [-0.4, -0.2) is 51.1 Å². The number of aliphatic carboxylic acids is 1. The molecule has 2 aliphatic rings. The first-order valence-corrected chi connectivity index (χ1v) is 7.91. The standard InChI is InChI=1S/C17H21NO5/c1-17(15(19)20)9-14(23-13-7-8-13)11-18(17,16(21)22)10-12-5-3-2-4-6-12/h2-6,13-14H,7-11H2,1H3,(H-,19,20,21,22)/p+1/t14-,17+,18?/m1/s1. The van der Waals surface area contributed by atoms with Crippen molar-refractivity contribution in [1.82, 2.24) is 0 Å². The number of amides is 1. The summed E-state index contributed by atoms with van der Waals surface area (Å²) in [6.45, 7) is 1.86. The van der Waals surface area contributed by atoms with Crippen molar-refractivity contribution in [3.63, 3.8) is 0 Å². The highest BCUT2D eigenvalue weighted by atomic mass is 16.5. The normalized spacial score (nSPS) is 33.5. The van der Waals surface area contributed by atoms with E-state index >= 15 is 0 Å². The van der Waals surface area contributed by atoms with E-state index in [9.17, 15) is 19.8 Å². The predicted octanol–water partition coefficient (Wildman–Crippen LogP) is 2.48. The molecule has 6 nitrogen and oxygen atoms in total.